The number of hydrogen-bond acceptors (Lipinski definition) is 3. The van der Waals surface area contributed by atoms with E-state index in [1.54, 1.807) is 19.2 Å². The average molecular weight is 298 g/mol. The van der Waals surface area contributed by atoms with E-state index in [-0.39, 0.29) is 5.91 Å². The molecule has 0 saturated heterocycles. The lowest BCUT2D eigenvalue weighted by Crippen LogP contribution is -2.24. The fourth-order valence-corrected chi connectivity index (χ4v) is 2.18. The van der Waals surface area contributed by atoms with Gasteiger partial charge in [0.1, 0.15) is 5.75 Å². The predicted octanol–water partition coefficient (Wildman–Crippen LogP) is 2.52. The van der Waals surface area contributed by atoms with Crippen molar-refractivity contribution in [2.45, 2.75) is 19.4 Å². The van der Waals surface area contributed by atoms with E-state index < -0.39 is 0 Å². The van der Waals surface area contributed by atoms with Crippen LogP contribution in [0.3, 0.4) is 0 Å². The summed E-state index contributed by atoms with van der Waals surface area (Å²) in [6.07, 6.45) is 1.83. The van der Waals surface area contributed by atoms with Gasteiger partial charge in [-0.1, -0.05) is 24.3 Å². The Morgan fingerprint density at radius 1 is 1.05 bits per heavy atom. The lowest BCUT2D eigenvalue weighted by molar-refractivity contribution is 0.0953. The highest BCUT2D eigenvalue weighted by molar-refractivity contribution is 5.94. The Morgan fingerprint density at radius 2 is 1.68 bits per heavy atom. The standard InChI is InChI=1S/C18H22N2O2/c1-22-17-10-6-14(7-11-17)3-2-12-20-18(21)16-8-4-15(13-19)5-9-16/h4-11H,2-3,12-13,19H2,1H3,(H,20,21). The largest absolute Gasteiger partial charge is 0.497 e. The molecule has 2 aromatic rings. The fraction of sp³-hybridized carbons (Fsp3) is 0.278. The molecular formula is C18H22N2O2. The minimum atomic E-state index is -0.0432. The van der Waals surface area contributed by atoms with Crippen LogP contribution in [0.25, 0.3) is 0 Å². The van der Waals surface area contributed by atoms with Crippen LogP contribution in [0.4, 0.5) is 0 Å². The maximum absolute atomic E-state index is 12.0. The first kappa shape index (κ1) is 16.0. The molecule has 116 valence electrons. The topological polar surface area (TPSA) is 64.3 Å². The highest BCUT2D eigenvalue weighted by atomic mass is 16.5. The van der Waals surface area contributed by atoms with Crippen molar-refractivity contribution in [3.63, 3.8) is 0 Å². The predicted molar refractivity (Wildman–Crippen MR) is 88.0 cm³/mol. The molecule has 0 aliphatic carbocycles. The minimum Gasteiger partial charge on any atom is -0.497 e. The molecule has 0 unspecified atom stereocenters. The first-order valence-corrected chi connectivity index (χ1v) is 7.43. The number of methoxy groups -OCH3 is 1. The van der Waals surface area contributed by atoms with Crippen LogP contribution in [0.15, 0.2) is 48.5 Å². The van der Waals surface area contributed by atoms with Gasteiger partial charge < -0.3 is 15.8 Å². The normalized spacial score (nSPS) is 10.3. The third kappa shape index (κ3) is 4.60. The minimum absolute atomic E-state index is 0.0432. The average Bonchev–Trinajstić information content (AvgIpc) is 2.59. The first-order valence-electron chi connectivity index (χ1n) is 7.43. The number of aryl methyl sites for hydroxylation is 1. The summed E-state index contributed by atoms with van der Waals surface area (Å²) in [4.78, 5) is 12.0. The Kier molecular flexibility index (Phi) is 5.98. The molecule has 3 N–H and O–H groups in total. The number of nitrogens with one attached hydrogen (secondary N) is 1. The summed E-state index contributed by atoms with van der Waals surface area (Å²) in [7, 11) is 1.66. The van der Waals surface area contributed by atoms with Gasteiger partial charge >= 0.3 is 0 Å². The van der Waals surface area contributed by atoms with Crippen molar-refractivity contribution < 1.29 is 9.53 Å². The third-order valence-electron chi connectivity index (χ3n) is 3.54. The maximum atomic E-state index is 12.0. The molecule has 0 aromatic heterocycles. The van der Waals surface area contributed by atoms with E-state index in [1.165, 1.54) is 5.56 Å². The lowest BCUT2D eigenvalue weighted by atomic mass is 10.1. The van der Waals surface area contributed by atoms with Crippen LogP contribution in [-0.4, -0.2) is 19.6 Å². The number of benzene rings is 2. The van der Waals surface area contributed by atoms with Gasteiger partial charge in [0.15, 0.2) is 0 Å². The molecule has 0 heterocycles. The second-order valence-corrected chi connectivity index (χ2v) is 5.11. The van der Waals surface area contributed by atoms with Crippen molar-refractivity contribution in [1.29, 1.82) is 0 Å². The second-order valence-electron chi connectivity index (χ2n) is 5.11. The lowest BCUT2D eigenvalue weighted by Gasteiger charge is -2.07. The van der Waals surface area contributed by atoms with Crippen molar-refractivity contribution >= 4 is 5.91 Å². The zero-order valence-electron chi connectivity index (χ0n) is 12.8. The number of ether oxygens (including phenoxy) is 1. The summed E-state index contributed by atoms with van der Waals surface area (Å²) in [5, 5.41) is 2.93. The molecule has 0 aliphatic rings. The van der Waals surface area contributed by atoms with E-state index in [1.807, 2.05) is 36.4 Å². The van der Waals surface area contributed by atoms with Crippen molar-refractivity contribution in [3.8, 4) is 5.75 Å². The molecule has 2 rings (SSSR count). The molecule has 4 heteroatoms. The van der Waals surface area contributed by atoms with Crippen molar-refractivity contribution in [1.82, 2.24) is 5.32 Å². The van der Waals surface area contributed by atoms with Gasteiger partial charge in [-0.25, -0.2) is 0 Å². The fourth-order valence-electron chi connectivity index (χ4n) is 2.18. The van der Waals surface area contributed by atoms with Gasteiger partial charge in [0.2, 0.25) is 0 Å². The Bertz CT molecular complexity index is 591. The summed E-state index contributed by atoms with van der Waals surface area (Å²) < 4.78 is 5.13. The SMILES string of the molecule is COc1ccc(CCCNC(=O)c2ccc(CN)cc2)cc1. The second kappa shape index (κ2) is 8.20. The van der Waals surface area contributed by atoms with Crippen molar-refractivity contribution in [2.24, 2.45) is 5.73 Å². The van der Waals surface area contributed by atoms with Crippen LogP contribution >= 0.6 is 0 Å². The van der Waals surface area contributed by atoms with E-state index in [2.05, 4.69) is 5.32 Å². The molecule has 22 heavy (non-hydrogen) atoms. The Balaban J connectivity index is 1.74. The Labute approximate surface area is 131 Å². The van der Waals surface area contributed by atoms with E-state index in [9.17, 15) is 4.79 Å². The van der Waals surface area contributed by atoms with E-state index >= 15 is 0 Å². The summed E-state index contributed by atoms with van der Waals surface area (Å²) in [6, 6.07) is 15.4. The van der Waals surface area contributed by atoms with Crippen LogP contribution in [0.2, 0.25) is 0 Å². The number of hydrogen-bond donors (Lipinski definition) is 2. The van der Waals surface area contributed by atoms with Gasteiger partial charge in [-0.2, -0.15) is 0 Å². The Morgan fingerprint density at radius 3 is 2.27 bits per heavy atom. The van der Waals surface area contributed by atoms with Gasteiger partial charge in [0.25, 0.3) is 5.91 Å². The highest BCUT2D eigenvalue weighted by Gasteiger charge is 2.04. The van der Waals surface area contributed by atoms with E-state index in [0.717, 1.165) is 24.2 Å². The van der Waals surface area contributed by atoms with Crippen LogP contribution in [0, 0.1) is 0 Å². The smallest absolute Gasteiger partial charge is 0.251 e. The van der Waals surface area contributed by atoms with Crippen LogP contribution in [0.5, 0.6) is 5.75 Å². The Hall–Kier alpha value is -2.33. The molecule has 0 bridgehead atoms. The summed E-state index contributed by atoms with van der Waals surface area (Å²) >= 11 is 0. The van der Waals surface area contributed by atoms with Gasteiger partial charge in [0, 0.05) is 18.7 Å². The monoisotopic (exact) mass is 298 g/mol. The van der Waals surface area contributed by atoms with Crippen molar-refractivity contribution in [2.75, 3.05) is 13.7 Å². The number of amides is 1. The number of nitrogens with two attached hydrogens (primary N) is 1. The highest BCUT2D eigenvalue weighted by Crippen LogP contribution is 2.12. The van der Waals surface area contributed by atoms with Gasteiger partial charge in [-0.05, 0) is 48.2 Å². The maximum Gasteiger partial charge on any atom is 0.251 e. The van der Waals surface area contributed by atoms with Crippen LogP contribution in [0.1, 0.15) is 27.9 Å². The molecule has 0 fully saturated rings. The number of carbonyl (C=O) groups excluding carboxylic acids is 1. The van der Waals surface area contributed by atoms with Crippen LogP contribution in [-0.2, 0) is 13.0 Å². The van der Waals surface area contributed by atoms with Gasteiger partial charge in [0.05, 0.1) is 7.11 Å². The van der Waals surface area contributed by atoms with Gasteiger partial charge in [-0.3, -0.25) is 4.79 Å². The van der Waals surface area contributed by atoms with Crippen molar-refractivity contribution in [3.05, 3.63) is 65.2 Å². The summed E-state index contributed by atoms with van der Waals surface area (Å²) in [6.45, 7) is 1.15. The molecule has 1 amide bonds. The van der Waals surface area contributed by atoms with Gasteiger partial charge in [-0.15, -0.1) is 0 Å². The number of carbonyl (C=O) groups is 1. The molecule has 4 nitrogen and oxygen atoms in total. The molecule has 0 atom stereocenters. The molecule has 0 spiro atoms. The quantitative estimate of drug-likeness (QED) is 0.772. The first-order chi connectivity index (χ1) is 10.7. The summed E-state index contributed by atoms with van der Waals surface area (Å²) in [5.41, 5.74) is 8.47. The molecule has 0 aliphatic heterocycles. The molecule has 0 radical (unpaired) electrons. The molecule has 2 aromatic carbocycles. The van der Waals surface area contributed by atoms with E-state index in [0.29, 0.717) is 18.7 Å². The number of rotatable bonds is 7. The zero-order valence-corrected chi connectivity index (χ0v) is 12.8. The molecule has 0 saturated carbocycles. The van der Waals surface area contributed by atoms with E-state index in [4.69, 9.17) is 10.5 Å². The van der Waals surface area contributed by atoms with Crippen LogP contribution < -0.4 is 15.8 Å². The molecular weight excluding hydrogens is 276 g/mol. The third-order valence-corrected chi connectivity index (χ3v) is 3.54. The summed E-state index contributed by atoms with van der Waals surface area (Å²) in [5.74, 6) is 0.816. The zero-order chi connectivity index (χ0) is 15.8.